The lowest BCUT2D eigenvalue weighted by Gasteiger charge is -2.17. The van der Waals surface area contributed by atoms with Crippen molar-refractivity contribution >= 4 is 11.7 Å². The SMILES string of the molecule is CC(NC(=O)Nc1ccc2c(c1)CNCCO2)c1cccc(-n2cccn2)c1. The zero-order valence-electron chi connectivity index (χ0n) is 15.7. The fourth-order valence-electron chi connectivity index (χ4n) is 3.20. The number of nitrogens with zero attached hydrogens (tertiary/aromatic N) is 2. The summed E-state index contributed by atoms with van der Waals surface area (Å²) in [7, 11) is 0. The van der Waals surface area contributed by atoms with Crippen molar-refractivity contribution < 1.29 is 9.53 Å². The summed E-state index contributed by atoms with van der Waals surface area (Å²) in [5.74, 6) is 0.861. The van der Waals surface area contributed by atoms with Gasteiger partial charge in [-0.25, -0.2) is 9.48 Å². The molecule has 0 aliphatic carbocycles. The van der Waals surface area contributed by atoms with Gasteiger partial charge in [0.1, 0.15) is 12.4 Å². The van der Waals surface area contributed by atoms with Crippen LogP contribution in [0.2, 0.25) is 0 Å². The van der Waals surface area contributed by atoms with Gasteiger partial charge in [0.15, 0.2) is 0 Å². The molecule has 1 atom stereocenters. The van der Waals surface area contributed by atoms with E-state index in [9.17, 15) is 4.79 Å². The van der Waals surface area contributed by atoms with E-state index in [4.69, 9.17) is 4.74 Å². The highest BCUT2D eigenvalue weighted by atomic mass is 16.5. The van der Waals surface area contributed by atoms with Gasteiger partial charge in [-0.1, -0.05) is 12.1 Å². The monoisotopic (exact) mass is 377 g/mol. The number of carbonyl (C=O) groups is 1. The molecule has 0 saturated heterocycles. The van der Waals surface area contributed by atoms with Crippen LogP contribution in [0.4, 0.5) is 10.5 Å². The maximum Gasteiger partial charge on any atom is 0.319 e. The fourth-order valence-corrected chi connectivity index (χ4v) is 3.20. The molecule has 1 aromatic heterocycles. The zero-order chi connectivity index (χ0) is 19.3. The summed E-state index contributed by atoms with van der Waals surface area (Å²) >= 11 is 0. The number of amides is 2. The number of hydrogen-bond acceptors (Lipinski definition) is 4. The van der Waals surface area contributed by atoms with E-state index in [2.05, 4.69) is 21.0 Å². The molecule has 28 heavy (non-hydrogen) atoms. The quantitative estimate of drug-likeness (QED) is 0.652. The molecule has 1 unspecified atom stereocenters. The Morgan fingerprint density at radius 3 is 3.04 bits per heavy atom. The topological polar surface area (TPSA) is 80.2 Å². The van der Waals surface area contributed by atoms with Crippen molar-refractivity contribution in [2.24, 2.45) is 0 Å². The Balaban J connectivity index is 1.41. The molecular formula is C21H23N5O2. The molecule has 2 heterocycles. The molecule has 3 N–H and O–H groups in total. The Bertz CT molecular complexity index is 955. The Hall–Kier alpha value is -3.32. The van der Waals surface area contributed by atoms with Crippen LogP contribution in [-0.2, 0) is 6.54 Å². The lowest BCUT2D eigenvalue weighted by atomic mass is 10.1. The van der Waals surface area contributed by atoms with Crippen LogP contribution in [0.1, 0.15) is 24.1 Å². The summed E-state index contributed by atoms with van der Waals surface area (Å²) in [6.07, 6.45) is 3.63. The number of anilines is 1. The van der Waals surface area contributed by atoms with E-state index in [1.807, 2.05) is 61.7 Å². The summed E-state index contributed by atoms with van der Waals surface area (Å²) in [4.78, 5) is 12.5. The summed E-state index contributed by atoms with van der Waals surface area (Å²) in [5.41, 5.74) is 3.73. The Kier molecular flexibility index (Phi) is 5.25. The van der Waals surface area contributed by atoms with Crippen LogP contribution in [0.3, 0.4) is 0 Å². The molecule has 2 amide bonds. The third-order valence-electron chi connectivity index (χ3n) is 4.66. The molecule has 0 radical (unpaired) electrons. The number of hydrogen-bond donors (Lipinski definition) is 3. The number of benzene rings is 2. The number of rotatable bonds is 4. The minimum Gasteiger partial charge on any atom is -0.492 e. The van der Waals surface area contributed by atoms with E-state index in [0.29, 0.717) is 6.61 Å². The van der Waals surface area contributed by atoms with Gasteiger partial charge < -0.3 is 20.7 Å². The van der Waals surface area contributed by atoms with E-state index < -0.39 is 0 Å². The second kappa shape index (κ2) is 8.14. The highest BCUT2D eigenvalue weighted by Gasteiger charge is 2.13. The van der Waals surface area contributed by atoms with Gasteiger partial charge in [0.05, 0.1) is 11.7 Å². The summed E-state index contributed by atoms with van der Waals surface area (Å²) in [5, 5.41) is 13.4. The van der Waals surface area contributed by atoms with E-state index >= 15 is 0 Å². The minimum atomic E-state index is -0.251. The number of nitrogens with one attached hydrogen (secondary N) is 3. The third-order valence-corrected chi connectivity index (χ3v) is 4.66. The smallest absolute Gasteiger partial charge is 0.319 e. The number of carbonyl (C=O) groups excluding carboxylic acids is 1. The Labute approximate surface area is 163 Å². The average molecular weight is 377 g/mol. The summed E-state index contributed by atoms with van der Waals surface area (Å²) in [6, 6.07) is 15.1. The van der Waals surface area contributed by atoms with Crippen LogP contribution in [0.15, 0.2) is 60.9 Å². The van der Waals surface area contributed by atoms with Gasteiger partial charge in [0.2, 0.25) is 0 Å². The molecule has 0 bridgehead atoms. The first-order valence-corrected chi connectivity index (χ1v) is 9.33. The van der Waals surface area contributed by atoms with Crippen molar-refractivity contribution in [2.75, 3.05) is 18.5 Å². The van der Waals surface area contributed by atoms with Crippen molar-refractivity contribution in [2.45, 2.75) is 19.5 Å². The van der Waals surface area contributed by atoms with Crippen LogP contribution in [0.25, 0.3) is 5.69 Å². The van der Waals surface area contributed by atoms with Crippen LogP contribution in [-0.4, -0.2) is 29.0 Å². The van der Waals surface area contributed by atoms with Crippen molar-refractivity contribution in [3.05, 3.63) is 72.1 Å². The van der Waals surface area contributed by atoms with Crippen molar-refractivity contribution in [3.8, 4) is 11.4 Å². The second-order valence-corrected chi connectivity index (χ2v) is 6.71. The van der Waals surface area contributed by atoms with Gasteiger partial charge in [-0.05, 0) is 48.9 Å². The van der Waals surface area contributed by atoms with Gasteiger partial charge >= 0.3 is 6.03 Å². The third kappa shape index (κ3) is 4.15. The lowest BCUT2D eigenvalue weighted by molar-refractivity contribution is 0.249. The van der Waals surface area contributed by atoms with Crippen molar-refractivity contribution in [1.82, 2.24) is 20.4 Å². The molecule has 4 rings (SSSR count). The van der Waals surface area contributed by atoms with Gasteiger partial charge in [-0.15, -0.1) is 0 Å². The molecule has 0 saturated carbocycles. The van der Waals surface area contributed by atoms with Crippen LogP contribution >= 0.6 is 0 Å². The molecule has 144 valence electrons. The maximum absolute atomic E-state index is 12.5. The first kappa shape index (κ1) is 18.1. The van der Waals surface area contributed by atoms with Gasteiger partial charge in [-0.3, -0.25) is 0 Å². The van der Waals surface area contributed by atoms with Gasteiger partial charge in [0.25, 0.3) is 0 Å². The van der Waals surface area contributed by atoms with Gasteiger partial charge in [-0.2, -0.15) is 5.10 Å². The highest BCUT2D eigenvalue weighted by molar-refractivity contribution is 5.89. The molecule has 0 spiro atoms. The Morgan fingerprint density at radius 2 is 2.18 bits per heavy atom. The van der Waals surface area contributed by atoms with Crippen molar-refractivity contribution in [1.29, 1.82) is 0 Å². The molecule has 2 aromatic carbocycles. The standard InChI is InChI=1S/C21H23N5O2/c1-15(16-4-2-5-19(13-16)26-10-3-8-23-26)24-21(27)25-18-6-7-20-17(12-18)14-22-9-11-28-20/h2-8,10,12-13,15,22H,9,11,14H2,1H3,(H2,24,25,27). The number of aromatic nitrogens is 2. The van der Waals surface area contributed by atoms with E-state index in [1.54, 1.807) is 10.9 Å². The average Bonchev–Trinajstić information content (AvgIpc) is 3.14. The molecule has 1 aliphatic rings. The van der Waals surface area contributed by atoms with Crippen molar-refractivity contribution in [3.63, 3.8) is 0 Å². The van der Waals surface area contributed by atoms with Gasteiger partial charge in [0, 0.05) is 36.7 Å². The lowest BCUT2D eigenvalue weighted by Crippen LogP contribution is -2.31. The van der Waals surface area contributed by atoms with E-state index in [-0.39, 0.29) is 12.1 Å². The predicted octanol–water partition coefficient (Wildman–Crippen LogP) is 3.24. The minimum absolute atomic E-state index is 0.152. The summed E-state index contributed by atoms with van der Waals surface area (Å²) in [6.45, 7) is 4.14. The molecule has 3 aromatic rings. The summed E-state index contributed by atoms with van der Waals surface area (Å²) < 4.78 is 7.47. The zero-order valence-corrected chi connectivity index (χ0v) is 15.7. The Morgan fingerprint density at radius 1 is 1.25 bits per heavy atom. The fraction of sp³-hybridized carbons (Fsp3) is 0.238. The molecular weight excluding hydrogens is 354 g/mol. The second-order valence-electron chi connectivity index (χ2n) is 6.71. The normalized spacial score (nSPS) is 14.3. The molecule has 0 fully saturated rings. The molecule has 7 heteroatoms. The number of fused-ring (bicyclic) bond motifs is 1. The van der Waals surface area contributed by atoms with Crippen LogP contribution in [0.5, 0.6) is 5.75 Å². The maximum atomic E-state index is 12.5. The predicted molar refractivity (Wildman–Crippen MR) is 108 cm³/mol. The largest absolute Gasteiger partial charge is 0.492 e. The van der Waals surface area contributed by atoms with Crippen LogP contribution < -0.4 is 20.7 Å². The molecule has 1 aliphatic heterocycles. The first-order chi connectivity index (χ1) is 13.7. The molecule has 7 nitrogen and oxygen atoms in total. The number of ether oxygens (including phenoxy) is 1. The van der Waals surface area contributed by atoms with Crippen LogP contribution in [0, 0.1) is 0 Å². The number of urea groups is 1. The van der Waals surface area contributed by atoms with E-state index in [1.165, 1.54) is 0 Å². The van der Waals surface area contributed by atoms with E-state index in [0.717, 1.165) is 41.3 Å². The first-order valence-electron chi connectivity index (χ1n) is 9.33. The highest BCUT2D eigenvalue weighted by Crippen LogP contribution is 2.24.